The van der Waals surface area contributed by atoms with Crippen LogP contribution in [0.5, 0.6) is 0 Å². The highest BCUT2D eigenvalue weighted by Crippen LogP contribution is 2.11. The topological polar surface area (TPSA) is 59.6 Å². The fourth-order valence-corrected chi connectivity index (χ4v) is 2.53. The van der Waals surface area contributed by atoms with Crippen molar-refractivity contribution in [3.8, 4) is 0 Å². The summed E-state index contributed by atoms with van der Waals surface area (Å²) in [6.45, 7) is 5.89. The molecule has 0 aromatic heterocycles. The number of anilines is 1. The van der Waals surface area contributed by atoms with E-state index in [4.69, 9.17) is 9.47 Å². The third-order valence-electron chi connectivity index (χ3n) is 3.94. The van der Waals surface area contributed by atoms with Crippen LogP contribution in [0.25, 0.3) is 0 Å². The molecule has 2 N–H and O–H groups in total. The molecule has 2 rings (SSSR count). The quantitative estimate of drug-likeness (QED) is 0.541. The monoisotopic (exact) mass is 320 g/mol. The van der Waals surface area contributed by atoms with Crippen molar-refractivity contribution >= 4 is 11.7 Å². The summed E-state index contributed by atoms with van der Waals surface area (Å²) in [5, 5.41) is 6.62. The van der Waals surface area contributed by atoms with Gasteiger partial charge in [-0.2, -0.15) is 0 Å². The molecule has 0 aliphatic carbocycles. The van der Waals surface area contributed by atoms with Crippen LogP contribution < -0.4 is 10.6 Å². The molecule has 0 bridgehead atoms. The number of carbonyl (C=O) groups excluding carboxylic acids is 1. The Balaban J connectivity index is 1.64. The summed E-state index contributed by atoms with van der Waals surface area (Å²) in [5.41, 5.74) is 1.61. The van der Waals surface area contributed by atoms with E-state index < -0.39 is 0 Å². The zero-order valence-corrected chi connectivity index (χ0v) is 14.0. The summed E-state index contributed by atoms with van der Waals surface area (Å²) in [6.07, 6.45) is 4.65. The van der Waals surface area contributed by atoms with Gasteiger partial charge in [-0.05, 0) is 56.6 Å². The number of rotatable bonds is 9. The molecule has 5 nitrogen and oxygen atoms in total. The second-order valence-electron chi connectivity index (χ2n) is 5.81. The van der Waals surface area contributed by atoms with E-state index in [0.29, 0.717) is 24.9 Å². The van der Waals surface area contributed by atoms with Crippen molar-refractivity contribution in [1.82, 2.24) is 5.32 Å². The largest absolute Gasteiger partial charge is 0.460 e. The molecule has 0 unspecified atom stereocenters. The summed E-state index contributed by atoms with van der Waals surface area (Å²) in [5.74, 6) is -0.293. The first-order valence-corrected chi connectivity index (χ1v) is 8.63. The number of esters is 1. The van der Waals surface area contributed by atoms with Gasteiger partial charge in [-0.1, -0.05) is 13.3 Å². The van der Waals surface area contributed by atoms with Gasteiger partial charge in [0.1, 0.15) is 6.61 Å². The van der Waals surface area contributed by atoms with E-state index in [1.807, 2.05) is 12.1 Å². The molecule has 0 atom stereocenters. The van der Waals surface area contributed by atoms with Crippen LogP contribution in [0.2, 0.25) is 0 Å². The fraction of sp³-hybridized carbons (Fsp3) is 0.611. The molecule has 1 heterocycles. The Morgan fingerprint density at radius 3 is 2.65 bits per heavy atom. The van der Waals surface area contributed by atoms with Crippen LogP contribution in [-0.4, -0.2) is 44.9 Å². The highest BCUT2D eigenvalue weighted by molar-refractivity contribution is 5.89. The van der Waals surface area contributed by atoms with Crippen LogP contribution in [0, 0.1) is 0 Å². The maximum Gasteiger partial charge on any atom is 0.338 e. The first kappa shape index (κ1) is 17.8. The molecule has 1 saturated heterocycles. The zero-order valence-electron chi connectivity index (χ0n) is 14.0. The highest BCUT2D eigenvalue weighted by Gasteiger charge is 2.13. The third-order valence-corrected chi connectivity index (χ3v) is 3.94. The van der Waals surface area contributed by atoms with Gasteiger partial charge in [-0.25, -0.2) is 4.79 Å². The Labute approximate surface area is 138 Å². The van der Waals surface area contributed by atoms with Crippen molar-refractivity contribution in [2.45, 2.75) is 38.7 Å². The normalized spacial score (nSPS) is 15.3. The van der Waals surface area contributed by atoms with Gasteiger partial charge in [0.25, 0.3) is 0 Å². The smallest absolute Gasteiger partial charge is 0.338 e. The molecule has 23 heavy (non-hydrogen) atoms. The van der Waals surface area contributed by atoms with Gasteiger partial charge >= 0.3 is 5.97 Å². The zero-order chi connectivity index (χ0) is 16.3. The number of nitrogens with one attached hydrogen (secondary N) is 2. The summed E-state index contributed by atoms with van der Waals surface area (Å²) in [7, 11) is 0. The molecule has 1 aromatic rings. The first-order chi connectivity index (χ1) is 11.3. The molecule has 1 aromatic carbocycles. The molecule has 1 fully saturated rings. The van der Waals surface area contributed by atoms with E-state index in [0.717, 1.165) is 51.0 Å². The molecule has 1 aliphatic heterocycles. The Hall–Kier alpha value is -1.59. The average Bonchev–Trinajstić information content (AvgIpc) is 2.60. The first-order valence-electron chi connectivity index (χ1n) is 8.63. The van der Waals surface area contributed by atoms with Crippen LogP contribution in [0.4, 0.5) is 5.69 Å². The number of unbranched alkanes of at least 4 members (excludes halogenated alkanes) is 1. The maximum absolute atomic E-state index is 12.0. The molecule has 5 heteroatoms. The van der Waals surface area contributed by atoms with Crippen molar-refractivity contribution in [2.24, 2.45) is 0 Å². The molecule has 0 amide bonds. The van der Waals surface area contributed by atoms with Crippen molar-refractivity contribution < 1.29 is 14.3 Å². The lowest BCUT2D eigenvalue weighted by atomic mass is 10.1. The number of hydrogen-bond donors (Lipinski definition) is 2. The van der Waals surface area contributed by atoms with Gasteiger partial charge in [0, 0.05) is 12.2 Å². The minimum Gasteiger partial charge on any atom is -0.460 e. The molecule has 0 saturated carbocycles. The van der Waals surface area contributed by atoms with Crippen LogP contribution in [0.1, 0.15) is 43.0 Å². The van der Waals surface area contributed by atoms with Crippen molar-refractivity contribution in [1.29, 1.82) is 0 Å². The minimum atomic E-state index is -0.293. The maximum atomic E-state index is 12.0. The fourth-order valence-electron chi connectivity index (χ4n) is 2.53. The third kappa shape index (κ3) is 6.59. The van der Waals surface area contributed by atoms with Crippen molar-refractivity contribution in [2.75, 3.05) is 38.2 Å². The van der Waals surface area contributed by atoms with E-state index in [1.165, 1.54) is 0 Å². The van der Waals surface area contributed by atoms with E-state index >= 15 is 0 Å². The van der Waals surface area contributed by atoms with Gasteiger partial charge in [-0.15, -0.1) is 0 Å². The predicted molar refractivity (Wildman–Crippen MR) is 92.0 cm³/mol. The number of piperidine rings is 1. The Morgan fingerprint density at radius 2 is 1.96 bits per heavy atom. The van der Waals surface area contributed by atoms with Gasteiger partial charge < -0.3 is 20.1 Å². The summed E-state index contributed by atoms with van der Waals surface area (Å²) < 4.78 is 11.0. The van der Waals surface area contributed by atoms with Crippen LogP contribution in [0.3, 0.4) is 0 Å². The Bertz CT molecular complexity index is 456. The van der Waals surface area contributed by atoms with E-state index in [9.17, 15) is 4.79 Å². The highest BCUT2D eigenvalue weighted by atomic mass is 16.6. The average molecular weight is 320 g/mol. The molecule has 128 valence electrons. The summed E-state index contributed by atoms with van der Waals surface area (Å²) in [6, 6.07) is 7.42. The number of benzene rings is 1. The predicted octanol–water partition coefficient (Wildman–Crippen LogP) is 2.82. The second-order valence-corrected chi connectivity index (χ2v) is 5.81. The van der Waals surface area contributed by atoms with Crippen molar-refractivity contribution in [3.05, 3.63) is 29.8 Å². The molecular weight excluding hydrogens is 292 g/mol. The Kier molecular flexibility index (Phi) is 7.90. The lowest BCUT2D eigenvalue weighted by Crippen LogP contribution is -2.33. The van der Waals surface area contributed by atoms with E-state index in [2.05, 4.69) is 17.6 Å². The SMILES string of the molecule is CCCCNc1ccc(C(=O)OCCOC2CCNCC2)cc1. The van der Waals surface area contributed by atoms with Gasteiger partial charge in [0.15, 0.2) is 0 Å². The van der Waals surface area contributed by atoms with Gasteiger partial charge in [-0.3, -0.25) is 0 Å². The molecule has 0 radical (unpaired) electrons. The minimum absolute atomic E-state index is 0.293. The number of carbonyl (C=O) groups is 1. The number of hydrogen-bond acceptors (Lipinski definition) is 5. The second kappa shape index (κ2) is 10.2. The van der Waals surface area contributed by atoms with Gasteiger partial charge in [0.05, 0.1) is 18.3 Å². The van der Waals surface area contributed by atoms with E-state index in [1.54, 1.807) is 12.1 Å². The Morgan fingerprint density at radius 1 is 1.22 bits per heavy atom. The summed E-state index contributed by atoms with van der Waals surface area (Å²) >= 11 is 0. The standard InChI is InChI=1S/C18H28N2O3/c1-2-3-10-20-16-6-4-15(5-7-16)18(21)23-14-13-22-17-8-11-19-12-9-17/h4-7,17,19-20H,2-3,8-14H2,1H3. The number of ether oxygens (including phenoxy) is 2. The molecule has 0 spiro atoms. The molecule has 1 aliphatic rings. The van der Waals surface area contributed by atoms with Crippen LogP contribution >= 0.6 is 0 Å². The summed E-state index contributed by atoms with van der Waals surface area (Å²) in [4.78, 5) is 12.0. The lowest BCUT2D eigenvalue weighted by Gasteiger charge is -2.22. The van der Waals surface area contributed by atoms with Gasteiger partial charge in [0.2, 0.25) is 0 Å². The van der Waals surface area contributed by atoms with E-state index in [-0.39, 0.29) is 5.97 Å². The lowest BCUT2D eigenvalue weighted by molar-refractivity contribution is -0.00250. The molecular formula is C18H28N2O3. The van der Waals surface area contributed by atoms with Crippen LogP contribution in [0.15, 0.2) is 24.3 Å². The van der Waals surface area contributed by atoms with Crippen LogP contribution in [-0.2, 0) is 9.47 Å². The van der Waals surface area contributed by atoms with Crippen molar-refractivity contribution in [3.63, 3.8) is 0 Å².